The molecule has 22 heavy (non-hydrogen) atoms. The van der Waals surface area contributed by atoms with Crippen molar-refractivity contribution in [2.45, 2.75) is 37.8 Å². The predicted octanol–water partition coefficient (Wildman–Crippen LogP) is 1.16. The number of rotatable bonds is 3. The lowest BCUT2D eigenvalue weighted by Gasteiger charge is -2.33. The molecule has 0 spiro atoms. The topological polar surface area (TPSA) is 70.2 Å². The number of hydrogen-bond acceptors (Lipinski definition) is 5. The van der Waals surface area contributed by atoms with E-state index in [1.165, 1.54) is 0 Å². The molecule has 1 unspecified atom stereocenters. The van der Waals surface area contributed by atoms with Crippen LogP contribution in [0.3, 0.4) is 0 Å². The average molecular weight is 348 g/mol. The molecule has 3 heterocycles. The minimum Gasteiger partial charge on any atom is -0.350 e. The van der Waals surface area contributed by atoms with E-state index in [0.717, 1.165) is 51.3 Å². The van der Waals surface area contributed by atoms with Crippen molar-refractivity contribution < 1.29 is 4.79 Å². The highest BCUT2D eigenvalue weighted by Crippen LogP contribution is 2.15. The molecule has 1 aromatic rings. The van der Waals surface area contributed by atoms with Crippen molar-refractivity contribution in [3.8, 4) is 0 Å². The minimum absolute atomic E-state index is 0. The molecular formula is C14H23Cl2N5O. The van der Waals surface area contributed by atoms with Crippen molar-refractivity contribution in [3.05, 3.63) is 18.5 Å². The van der Waals surface area contributed by atoms with E-state index < -0.39 is 0 Å². The van der Waals surface area contributed by atoms with Gasteiger partial charge in [-0.2, -0.15) is 0 Å². The quantitative estimate of drug-likeness (QED) is 0.858. The van der Waals surface area contributed by atoms with Crippen LogP contribution < -0.4 is 15.5 Å². The number of carbonyl (C=O) groups is 1. The summed E-state index contributed by atoms with van der Waals surface area (Å²) >= 11 is 0. The smallest absolute Gasteiger partial charge is 0.237 e. The van der Waals surface area contributed by atoms with E-state index in [4.69, 9.17) is 0 Å². The summed E-state index contributed by atoms with van der Waals surface area (Å²) in [5, 5.41) is 6.40. The number of aromatic nitrogens is 2. The molecule has 0 bridgehead atoms. The molecule has 0 saturated carbocycles. The molecule has 0 radical (unpaired) electrons. The second-order valence-corrected chi connectivity index (χ2v) is 5.49. The Balaban J connectivity index is 0.00000121. The lowest BCUT2D eigenvalue weighted by molar-refractivity contribution is -0.123. The van der Waals surface area contributed by atoms with Crippen molar-refractivity contribution in [3.63, 3.8) is 0 Å². The maximum absolute atomic E-state index is 12.1. The van der Waals surface area contributed by atoms with Gasteiger partial charge >= 0.3 is 0 Å². The Morgan fingerprint density at radius 2 is 2.00 bits per heavy atom. The standard InChI is InChI=1S/C14H21N5O.2ClH/c20-13(12-5-1-6-15-12)18-11-4-2-9-19(10-11)14-16-7-3-8-17-14;;/h3,7-8,11-12,15H,1-2,4-6,9-10H2,(H,18,20);2*1H/t11?,12-;;/m0../s1. The van der Waals surface area contributed by atoms with E-state index in [1.807, 2.05) is 6.07 Å². The fourth-order valence-corrected chi connectivity index (χ4v) is 2.94. The van der Waals surface area contributed by atoms with Gasteiger partial charge < -0.3 is 15.5 Å². The number of amides is 1. The summed E-state index contributed by atoms with van der Waals surface area (Å²) in [6.07, 6.45) is 7.64. The third-order valence-electron chi connectivity index (χ3n) is 3.98. The van der Waals surface area contributed by atoms with Crippen LogP contribution in [0.25, 0.3) is 0 Å². The van der Waals surface area contributed by atoms with Crippen LogP contribution in [0.1, 0.15) is 25.7 Å². The SMILES string of the molecule is Cl.Cl.O=C(NC1CCCN(c2ncccn2)C1)[C@@H]1CCCN1. The van der Waals surface area contributed by atoms with Crippen LogP contribution in [0.2, 0.25) is 0 Å². The molecule has 2 N–H and O–H groups in total. The molecule has 0 aliphatic carbocycles. The molecule has 124 valence electrons. The molecule has 6 nitrogen and oxygen atoms in total. The number of hydrogen-bond donors (Lipinski definition) is 2. The maximum Gasteiger partial charge on any atom is 0.237 e. The second-order valence-electron chi connectivity index (χ2n) is 5.49. The summed E-state index contributed by atoms with van der Waals surface area (Å²) in [6, 6.07) is 2.01. The van der Waals surface area contributed by atoms with E-state index in [9.17, 15) is 4.79 Å². The molecule has 8 heteroatoms. The Bertz CT molecular complexity index is 456. The van der Waals surface area contributed by atoms with Crippen LogP contribution in [0, 0.1) is 0 Å². The summed E-state index contributed by atoms with van der Waals surface area (Å²) < 4.78 is 0. The van der Waals surface area contributed by atoms with Gasteiger partial charge in [-0.15, -0.1) is 24.8 Å². The molecule has 2 aliphatic rings. The van der Waals surface area contributed by atoms with Crippen LogP contribution in [-0.2, 0) is 4.79 Å². The zero-order valence-electron chi connectivity index (χ0n) is 12.4. The highest BCUT2D eigenvalue weighted by atomic mass is 35.5. The second kappa shape index (κ2) is 9.12. The first-order chi connectivity index (χ1) is 9.83. The zero-order chi connectivity index (χ0) is 13.8. The van der Waals surface area contributed by atoms with Crippen LogP contribution in [0.4, 0.5) is 5.95 Å². The highest BCUT2D eigenvalue weighted by molar-refractivity contribution is 5.85. The maximum atomic E-state index is 12.1. The molecule has 2 atom stereocenters. The summed E-state index contributed by atoms with van der Waals surface area (Å²) in [5.41, 5.74) is 0. The first-order valence-electron chi connectivity index (χ1n) is 7.38. The number of piperidine rings is 1. The Morgan fingerprint density at radius 1 is 1.23 bits per heavy atom. The molecular weight excluding hydrogens is 325 g/mol. The van der Waals surface area contributed by atoms with Crippen LogP contribution in [-0.4, -0.2) is 47.6 Å². The van der Waals surface area contributed by atoms with Crippen molar-refractivity contribution >= 4 is 36.7 Å². The normalized spacial score (nSPS) is 24.1. The number of nitrogens with one attached hydrogen (secondary N) is 2. The van der Waals surface area contributed by atoms with Crippen LogP contribution >= 0.6 is 24.8 Å². The van der Waals surface area contributed by atoms with Crippen LogP contribution in [0.15, 0.2) is 18.5 Å². The van der Waals surface area contributed by atoms with Crippen molar-refractivity contribution in [2.24, 2.45) is 0 Å². The van der Waals surface area contributed by atoms with Gasteiger partial charge in [0.1, 0.15) is 0 Å². The predicted molar refractivity (Wildman–Crippen MR) is 90.9 cm³/mol. The first kappa shape index (κ1) is 18.9. The number of nitrogens with zero attached hydrogens (tertiary/aromatic N) is 3. The summed E-state index contributed by atoms with van der Waals surface area (Å²) in [5.74, 6) is 0.897. The summed E-state index contributed by atoms with van der Waals surface area (Å²) in [6.45, 7) is 2.70. The van der Waals surface area contributed by atoms with Crippen molar-refractivity contribution in [1.29, 1.82) is 0 Å². The fourth-order valence-electron chi connectivity index (χ4n) is 2.94. The molecule has 2 aliphatic heterocycles. The lowest BCUT2D eigenvalue weighted by atomic mass is 10.1. The number of halogens is 2. The van der Waals surface area contributed by atoms with Crippen molar-refractivity contribution in [2.75, 3.05) is 24.5 Å². The minimum atomic E-state index is -0.00153. The third kappa shape index (κ3) is 4.69. The van der Waals surface area contributed by atoms with E-state index in [1.54, 1.807) is 12.4 Å². The summed E-state index contributed by atoms with van der Waals surface area (Å²) in [7, 11) is 0. The largest absolute Gasteiger partial charge is 0.350 e. The van der Waals surface area contributed by atoms with Gasteiger partial charge in [0, 0.05) is 31.5 Å². The molecule has 2 fully saturated rings. The van der Waals surface area contributed by atoms with Gasteiger partial charge in [-0.1, -0.05) is 0 Å². The molecule has 3 rings (SSSR count). The Hall–Kier alpha value is -1.11. The van der Waals surface area contributed by atoms with Gasteiger partial charge in [-0.3, -0.25) is 4.79 Å². The van der Waals surface area contributed by atoms with Gasteiger partial charge in [0.05, 0.1) is 6.04 Å². The number of carbonyl (C=O) groups excluding carboxylic acids is 1. The van der Waals surface area contributed by atoms with Crippen molar-refractivity contribution in [1.82, 2.24) is 20.6 Å². The summed E-state index contributed by atoms with van der Waals surface area (Å²) in [4.78, 5) is 22.8. The van der Waals surface area contributed by atoms with E-state index >= 15 is 0 Å². The van der Waals surface area contributed by atoms with E-state index in [-0.39, 0.29) is 42.8 Å². The van der Waals surface area contributed by atoms with Gasteiger partial charge in [0.25, 0.3) is 0 Å². The average Bonchev–Trinajstić information content (AvgIpc) is 3.03. The van der Waals surface area contributed by atoms with Gasteiger partial charge in [0.15, 0.2) is 0 Å². The lowest BCUT2D eigenvalue weighted by Crippen LogP contribution is -2.52. The van der Waals surface area contributed by atoms with Crippen LogP contribution in [0.5, 0.6) is 0 Å². The van der Waals surface area contributed by atoms with Gasteiger partial charge in [0.2, 0.25) is 11.9 Å². The van der Waals surface area contributed by atoms with Gasteiger partial charge in [-0.25, -0.2) is 9.97 Å². The third-order valence-corrected chi connectivity index (χ3v) is 3.98. The Morgan fingerprint density at radius 3 is 2.68 bits per heavy atom. The first-order valence-corrected chi connectivity index (χ1v) is 7.38. The molecule has 2 saturated heterocycles. The highest BCUT2D eigenvalue weighted by Gasteiger charge is 2.27. The van der Waals surface area contributed by atoms with E-state index in [2.05, 4.69) is 25.5 Å². The molecule has 1 aromatic heterocycles. The Kier molecular flexibility index (Phi) is 7.85. The molecule has 0 aromatic carbocycles. The number of anilines is 1. The Labute approximate surface area is 143 Å². The zero-order valence-corrected chi connectivity index (χ0v) is 14.0. The monoisotopic (exact) mass is 347 g/mol. The molecule has 1 amide bonds. The fraction of sp³-hybridized carbons (Fsp3) is 0.643. The van der Waals surface area contributed by atoms with Gasteiger partial charge in [-0.05, 0) is 38.3 Å². The van der Waals surface area contributed by atoms with E-state index in [0.29, 0.717) is 0 Å².